The van der Waals surface area contributed by atoms with Crippen LogP contribution in [0.4, 0.5) is 0 Å². The van der Waals surface area contributed by atoms with Crippen molar-refractivity contribution in [2.24, 2.45) is 0 Å². The van der Waals surface area contributed by atoms with Gasteiger partial charge in [0.1, 0.15) is 11.5 Å². The molecule has 1 fully saturated rings. The molecule has 1 saturated heterocycles. The lowest BCUT2D eigenvalue weighted by Crippen LogP contribution is -2.25. The summed E-state index contributed by atoms with van der Waals surface area (Å²) in [5, 5.41) is 0. The number of rotatable bonds is 6. The second-order valence-corrected chi connectivity index (χ2v) is 7.65. The molecule has 0 aliphatic carbocycles. The van der Waals surface area contributed by atoms with Crippen molar-refractivity contribution in [2.75, 3.05) is 14.2 Å². The molecular formula is C28H24O3. The first-order valence-electron chi connectivity index (χ1n) is 10.3. The van der Waals surface area contributed by atoms with Crippen LogP contribution in [-0.4, -0.2) is 14.2 Å². The van der Waals surface area contributed by atoms with Gasteiger partial charge < -0.3 is 14.2 Å². The van der Waals surface area contributed by atoms with E-state index in [0.29, 0.717) is 0 Å². The van der Waals surface area contributed by atoms with Crippen molar-refractivity contribution in [1.29, 1.82) is 0 Å². The van der Waals surface area contributed by atoms with Crippen LogP contribution in [0.5, 0.6) is 11.5 Å². The van der Waals surface area contributed by atoms with Crippen LogP contribution < -0.4 is 9.47 Å². The van der Waals surface area contributed by atoms with Crippen LogP contribution >= 0.6 is 0 Å². The number of hydrogen-bond acceptors (Lipinski definition) is 3. The van der Waals surface area contributed by atoms with E-state index in [1.807, 2.05) is 36.4 Å². The number of hydrogen-bond donors (Lipinski definition) is 0. The fourth-order valence-corrected chi connectivity index (χ4v) is 4.58. The van der Waals surface area contributed by atoms with Gasteiger partial charge in [-0.1, -0.05) is 84.9 Å². The van der Waals surface area contributed by atoms with Crippen LogP contribution in [-0.2, 0) is 15.9 Å². The number of methoxy groups -OCH3 is 2. The molecule has 0 radical (unpaired) electrons. The van der Waals surface area contributed by atoms with Crippen LogP contribution in [0.25, 0.3) is 0 Å². The molecular weight excluding hydrogens is 384 g/mol. The van der Waals surface area contributed by atoms with E-state index in [-0.39, 0.29) is 0 Å². The molecule has 0 amide bonds. The minimum atomic E-state index is -0.656. The van der Waals surface area contributed by atoms with E-state index in [1.165, 1.54) is 0 Å². The van der Waals surface area contributed by atoms with Gasteiger partial charge in [0, 0.05) is 0 Å². The Labute approximate surface area is 182 Å². The van der Waals surface area contributed by atoms with E-state index < -0.39 is 11.2 Å². The van der Waals surface area contributed by atoms with Gasteiger partial charge in [0.05, 0.1) is 14.2 Å². The second kappa shape index (κ2) is 7.60. The Balaban J connectivity index is 1.77. The van der Waals surface area contributed by atoms with Gasteiger partial charge in [-0.2, -0.15) is 0 Å². The summed E-state index contributed by atoms with van der Waals surface area (Å²) in [6.07, 6.45) is 0. The van der Waals surface area contributed by atoms with Gasteiger partial charge in [-0.25, -0.2) is 0 Å². The molecule has 0 N–H and O–H groups in total. The third kappa shape index (κ3) is 2.93. The highest BCUT2D eigenvalue weighted by Crippen LogP contribution is 2.68. The summed E-state index contributed by atoms with van der Waals surface area (Å²) in [7, 11) is 3.36. The maximum atomic E-state index is 6.90. The largest absolute Gasteiger partial charge is 0.497 e. The first kappa shape index (κ1) is 19.4. The van der Waals surface area contributed by atoms with Gasteiger partial charge in [-0.05, 0) is 46.5 Å². The molecule has 0 aromatic heterocycles. The summed E-state index contributed by atoms with van der Waals surface area (Å²) in [6.45, 7) is 0. The standard InChI is InChI=1S/C28H24O3/c1-29-25-17-13-23(14-18-25)27(21-9-5-3-6-10-21)28(31-27,22-11-7-4-8-12-22)24-15-19-26(30-2)20-16-24/h3-20H,1-2H3. The molecule has 4 aromatic rings. The first-order chi connectivity index (χ1) is 15.2. The average molecular weight is 408 g/mol. The summed E-state index contributed by atoms with van der Waals surface area (Å²) in [5.41, 5.74) is 3.07. The maximum absolute atomic E-state index is 6.90. The molecule has 31 heavy (non-hydrogen) atoms. The zero-order chi connectivity index (χ0) is 21.3. The summed E-state index contributed by atoms with van der Waals surface area (Å²) >= 11 is 0. The van der Waals surface area contributed by atoms with Gasteiger partial charge in [0.2, 0.25) is 0 Å². The summed E-state index contributed by atoms with van der Waals surface area (Å²) in [6, 6.07) is 37.2. The van der Waals surface area contributed by atoms with E-state index in [9.17, 15) is 0 Å². The Morgan fingerprint density at radius 1 is 0.452 bits per heavy atom. The molecule has 3 heteroatoms. The summed E-state index contributed by atoms with van der Waals surface area (Å²) in [4.78, 5) is 0. The molecule has 2 unspecified atom stereocenters. The topological polar surface area (TPSA) is 31.0 Å². The lowest BCUT2D eigenvalue weighted by molar-refractivity contribution is 0.299. The average Bonchev–Trinajstić information content (AvgIpc) is 3.58. The highest BCUT2D eigenvalue weighted by atomic mass is 16.6. The molecule has 2 atom stereocenters. The third-order valence-electron chi connectivity index (χ3n) is 6.11. The Kier molecular flexibility index (Phi) is 4.76. The minimum Gasteiger partial charge on any atom is -0.497 e. The molecule has 0 spiro atoms. The molecule has 4 aromatic carbocycles. The molecule has 3 nitrogen and oxygen atoms in total. The number of benzene rings is 4. The predicted molar refractivity (Wildman–Crippen MR) is 122 cm³/mol. The highest BCUT2D eigenvalue weighted by Gasteiger charge is 2.73. The zero-order valence-electron chi connectivity index (χ0n) is 17.6. The maximum Gasteiger partial charge on any atom is 0.157 e. The van der Waals surface area contributed by atoms with E-state index in [0.717, 1.165) is 33.8 Å². The zero-order valence-corrected chi connectivity index (χ0v) is 17.6. The molecule has 1 aliphatic heterocycles. The molecule has 0 bridgehead atoms. The molecule has 154 valence electrons. The fraction of sp³-hybridized carbons (Fsp3) is 0.143. The Morgan fingerprint density at radius 2 is 0.774 bits per heavy atom. The smallest absolute Gasteiger partial charge is 0.157 e. The lowest BCUT2D eigenvalue weighted by Gasteiger charge is -2.23. The predicted octanol–water partition coefficient (Wildman–Crippen LogP) is 5.92. The van der Waals surface area contributed by atoms with Gasteiger partial charge in [0.15, 0.2) is 11.2 Å². The molecule has 5 rings (SSSR count). The van der Waals surface area contributed by atoms with Crippen molar-refractivity contribution in [3.8, 4) is 11.5 Å². The van der Waals surface area contributed by atoms with Crippen molar-refractivity contribution in [1.82, 2.24) is 0 Å². The normalized spacial score (nSPS) is 22.0. The molecule has 1 heterocycles. The van der Waals surface area contributed by atoms with Gasteiger partial charge >= 0.3 is 0 Å². The number of epoxide rings is 1. The fourth-order valence-electron chi connectivity index (χ4n) is 4.58. The van der Waals surface area contributed by atoms with Gasteiger partial charge in [0.25, 0.3) is 0 Å². The van der Waals surface area contributed by atoms with Crippen LogP contribution in [0, 0.1) is 0 Å². The second-order valence-electron chi connectivity index (χ2n) is 7.65. The monoisotopic (exact) mass is 408 g/mol. The van der Waals surface area contributed by atoms with Crippen molar-refractivity contribution in [3.63, 3.8) is 0 Å². The molecule has 0 saturated carbocycles. The first-order valence-corrected chi connectivity index (χ1v) is 10.3. The van der Waals surface area contributed by atoms with Crippen molar-refractivity contribution in [3.05, 3.63) is 131 Å². The van der Waals surface area contributed by atoms with Crippen LogP contribution in [0.1, 0.15) is 22.3 Å². The van der Waals surface area contributed by atoms with E-state index in [4.69, 9.17) is 14.2 Å². The van der Waals surface area contributed by atoms with Crippen LogP contribution in [0.2, 0.25) is 0 Å². The SMILES string of the molecule is COc1ccc(C2(c3ccccc3)OC2(c2ccccc2)c2ccc(OC)cc2)cc1. The lowest BCUT2D eigenvalue weighted by atomic mass is 9.74. The van der Waals surface area contributed by atoms with Crippen molar-refractivity contribution >= 4 is 0 Å². The van der Waals surface area contributed by atoms with Crippen LogP contribution in [0.15, 0.2) is 109 Å². The van der Waals surface area contributed by atoms with E-state index >= 15 is 0 Å². The highest BCUT2D eigenvalue weighted by molar-refractivity contribution is 5.58. The Hall–Kier alpha value is -3.56. The molecule has 1 aliphatic rings. The van der Waals surface area contributed by atoms with Gasteiger partial charge in [-0.3, -0.25) is 0 Å². The van der Waals surface area contributed by atoms with Crippen molar-refractivity contribution < 1.29 is 14.2 Å². The Bertz CT molecular complexity index is 1060. The number of ether oxygens (including phenoxy) is 3. The Morgan fingerprint density at radius 3 is 1.10 bits per heavy atom. The third-order valence-corrected chi connectivity index (χ3v) is 6.11. The summed E-state index contributed by atoms with van der Waals surface area (Å²) in [5.74, 6) is 1.64. The summed E-state index contributed by atoms with van der Waals surface area (Å²) < 4.78 is 17.7. The van der Waals surface area contributed by atoms with Crippen molar-refractivity contribution in [2.45, 2.75) is 11.2 Å². The van der Waals surface area contributed by atoms with Crippen LogP contribution in [0.3, 0.4) is 0 Å². The van der Waals surface area contributed by atoms with E-state index in [1.54, 1.807) is 14.2 Å². The quantitative estimate of drug-likeness (QED) is 0.371. The minimum absolute atomic E-state index is 0.656. The van der Waals surface area contributed by atoms with E-state index in [2.05, 4.69) is 72.8 Å². The van der Waals surface area contributed by atoms with Gasteiger partial charge in [-0.15, -0.1) is 0 Å².